The van der Waals surface area contributed by atoms with Crippen LogP contribution in [0.2, 0.25) is 0 Å². The third-order valence-electron chi connectivity index (χ3n) is 5.10. The second-order valence-corrected chi connectivity index (χ2v) is 8.93. The van der Waals surface area contributed by atoms with Gasteiger partial charge < -0.3 is 15.4 Å². The van der Waals surface area contributed by atoms with Crippen molar-refractivity contribution < 1.29 is 32.3 Å². The van der Waals surface area contributed by atoms with Gasteiger partial charge in [-0.15, -0.1) is 0 Å². The van der Waals surface area contributed by atoms with Gasteiger partial charge >= 0.3 is 18.0 Å². The first-order chi connectivity index (χ1) is 17.9. The number of para-hydroxylation sites is 1. The number of aryl methyl sites for hydroxylation is 2. The second-order valence-electron chi connectivity index (χ2n) is 8.02. The van der Waals surface area contributed by atoms with Gasteiger partial charge in [0.05, 0.1) is 11.8 Å². The maximum Gasteiger partial charge on any atom is 0.416 e. The Labute approximate surface area is 224 Å². The number of alkyl halides is 3. The van der Waals surface area contributed by atoms with E-state index in [-0.39, 0.29) is 11.4 Å². The topological polar surface area (TPSA) is 109 Å². The van der Waals surface area contributed by atoms with Crippen molar-refractivity contribution in [3.8, 4) is 5.75 Å². The van der Waals surface area contributed by atoms with Crippen molar-refractivity contribution in [2.75, 3.05) is 17.2 Å². The zero-order valence-corrected chi connectivity index (χ0v) is 21.7. The highest BCUT2D eigenvalue weighted by atomic mass is 79.9. The lowest BCUT2D eigenvalue weighted by molar-refractivity contribution is -0.137. The molecule has 12 heteroatoms. The molecule has 38 heavy (non-hydrogen) atoms. The van der Waals surface area contributed by atoms with Gasteiger partial charge in [0.1, 0.15) is 5.75 Å². The number of hydrazone groups is 1. The summed E-state index contributed by atoms with van der Waals surface area (Å²) in [5.74, 6) is -2.39. The number of nitrogens with one attached hydrogen (secondary N) is 3. The van der Waals surface area contributed by atoms with E-state index in [1.165, 1.54) is 24.4 Å². The minimum absolute atomic E-state index is 0.0344. The van der Waals surface area contributed by atoms with Crippen LogP contribution < -0.4 is 20.8 Å². The van der Waals surface area contributed by atoms with Crippen molar-refractivity contribution in [1.29, 1.82) is 0 Å². The molecule has 0 aliphatic carbocycles. The van der Waals surface area contributed by atoms with Crippen LogP contribution in [0.4, 0.5) is 24.5 Å². The Morgan fingerprint density at radius 3 is 2.32 bits per heavy atom. The van der Waals surface area contributed by atoms with Crippen molar-refractivity contribution >= 4 is 51.2 Å². The van der Waals surface area contributed by atoms with E-state index in [2.05, 4.69) is 37.1 Å². The standard InChI is InChI=1S/C26H22BrF3N4O4/c1-15-5-3-6-16(2)23(15)33-24(36)25(37)34-31-13-17-11-19(27)9-10-21(17)38-14-22(35)32-20-8-4-7-18(12-20)26(28,29)30/h3-13H,14H2,1-2H3,(H,32,35)(H,33,36)(H,34,37)/b31-13-. The quantitative estimate of drug-likeness (QED) is 0.200. The molecule has 3 aromatic rings. The molecule has 8 nitrogen and oxygen atoms in total. The van der Waals surface area contributed by atoms with E-state index in [0.717, 1.165) is 23.3 Å². The van der Waals surface area contributed by atoms with Gasteiger partial charge in [-0.25, -0.2) is 5.43 Å². The molecule has 0 saturated carbocycles. The molecule has 198 valence electrons. The Bertz CT molecular complexity index is 1370. The van der Waals surface area contributed by atoms with Gasteiger partial charge in [0.25, 0.3) is 5.91 Å². The van der Waals surface area contributed by atoms with Gasteiger partial charge in [0.2, 0.25) is 0 Å². The van der Waals surface area contributed by atoms with Crippen LogP contribution in [-0.2, 0) is 20.6 Å². The van der Waals surface area contributed by atoms with Crippen LogP contribution >= 0.6 is 15.9 Å². The van der Waals surface area contributed by atoms with Crippen LogP contribution in [0.3, 0.4) is 0 Å². The number of benzene rings is 3. The van der Waals surface area contributed by atoms with Crippen molar-refractivity contribution in [2.24, 2.45) is 5.10 Å². The SMILES string of the molecule is Cc1cccc(C)c1NC(=O)C(=O)N/N=C\c1cc(Br)ccc1OCC(=O)Nc1cccc(C(F)(F)F)c1. The van der Waals surface area contributed by atoms with E-state index in [1.807, 2.05) is 6.07 Å². The van der Waals surface area contributed by atoms with Gasteiger partial charge in [-0.1, -0.05) is 40.2 Å². The monoisotopic (exact) mass is 590 g/mol. The smallest absolute Gasteiger partial charge is 0.416 e. The van der Waals surface area contributed by atoms with Crippen molar-refractivity contribution in [2.45, 2.75) is 20.0 Å². The molecule has 0 saturated heterocycles. The number of anilines is 2. The molecule has 3 aromatic carbocycles. The van der Waals surface area contributed by atoms with Crippen LogP contribution in [0.25, 0.3) is 0 Å². The molecule has 0 aliphatic rings. The number of hydrogen-bond acceptors (Lipinski definition) is 5. The van der Waals surface area contributed by atoms with Gasteiger partial charge in [-0.05, 0) is 61.4 Å². The normalized spacial score (nSPS) is 11.2. The lowest BCUT2D eigenvalue weighted by Crippen LogP contribution is -2.32. The van der Waals surface area contributed by atoms with Crippen LogP contribution in [0.5, 0.6) is 5.75 Å². The molecular formula is C26H22BrF3N4O4. The summed E-state index contributed by atoms with van der Waals surface area (Å²) in [6.07, 6.45) is -3.33. The summed E-state index contributed by atoms with van der Waals surface area (Å²) < 4.78 is 44.8. The number of halogens is 4. The summed E-state index contributed by atoms with van der Waals surface area (Å²) in [6, 6.07) is 14.4. The fraction of sp³-hybridized carbons (Fsp3) is 0.154. The van der Waals surface area contributed by atoms with Crippen LogP contribution in [-0.4, -0.2) is 30.5 Å². The van der Waals surface area contributed by atoms with Crippen LogP contribution in [0, 0.1) is 13.8 Å². The third-order valence-corrected chi connectivity index (χ3v) is 5.59. The Balaban J connectivity index is 1.60. The van der Waals surface area contributed by atoms with Gasteiger partial charge in [0, 0.05) is 21.4 Å². The Kier molecular flexibility index (Phi) is 9.24. The van der Waals surface area contributed by atoms with Crippen LogP contribution in [0.1, 0.15) is 22.3 Å². The Hall–Kier alpha value is -4.19. The second kappa shape index (κ2) is 12.4. The summed E-state index contributed by atoms with van der Waals surface area (Å²) in [4.78, 5) is 36.7. The maximum atomic E-state index is 12.9. The number of nitrogens with zero attached hydrogens (tertiary/aromatic N) is 1. The number of rotatable bonds is 7. The molecular weight excluding hydrogens is 569 g/mol. The highest BCUT2D eigenvalue weighted by Crippen LogP contribution is 2.30. The Morgan fingerprint density at radius 1 is 0.947 bits per heavy atom. The summed E-state index contributed by atoms with van der Waals surface area (Å²) >= 11 is 3.30. The van der Waals surface area contributed by atoms with Crippen molar-refractivity contribution in [3.05, 3.63) is 87.4 Å². The van der Waals surface area contributed by atoms with E-state index in [9.17, 15) is 27.6 Å². The molecule has 0 fully saturated rings. The molecule has 0 bridgehead atoms. The Morgan fingerprint density at radius 2 is 1.63 bits per heavy atom. The summed E-state index contributed by atoms with van der Waals surface area (Å²) in [6.45, 7) is 3.09. The molecule has 0 aromatic heterocycles. The van der Waals surface area contributed by atoms with Gasteiger partial charge in [0.15, 0.2) is 6.61 Å². The first-order valence-electron chi connectivity index (χ1n) is 11.0. The van der Waals surface area contributed by atoms with E-state index in [4.69, 9.17) is 4.74 Å². The zero-order valence-electron chi connectivity index (χ0n) is 20.2. The third kappa shape index (κ3) is 7.90. The number of amides is 3. The van der Waals surface area contributed by atoms with E-state index in [0.29, 0.717) is 15.7 Å². The number of ether oxygens (including phenoxy) is 1. The highest BCUT2D eigenvalue weighted by Gasteiger charge is 2.30. The summed E-state index contributed by atoms with van der Waals surface area (Å²) in [5, 5.41) is 8.68. The number of carbonyl (C=O) groups is 3. The average Bonchev–Trinajstić information content (AvgIpc) is 2.85. The average molecular weight is 591 g/mol. The molecule has 3 rings (SSSR count). The molecule has 0 atom stereocenters. The minimum atomic E-state index is -4.54. The zero-order chi connectivity index (χ0) is 27.9. The molecule has 3 amide bonds. The number of carbonyl (C=O) groups excluding carboxylic acids is 3. The molecule has 0 heterocycles. The van der Waals surface area contributed by atoms with E-state index >= 15 is 0 Å². The van der Waals surface area contributed by atoms with Crippen LogP contribution in [0.15, 0.2) is 70.2 Å². The number of hydrogen-bond donors (Lipinski definition) is 3. The first kappa shape index (κ1) is 28.4. The minimum Gasteiger partial charge on any atom is -0.483 e. The fourth-order valence-electron chi connectivity index (χ4n) is 3.26. The predicted molar refractivity (Wildman–Crippen MR) is 140 cm³/mol. The molecule has 0 unspecified atom stereocenters. The predicted octanol–water partition coefficient (Wildman–Crippen LogP) is 5.19. The van der Waals surface area contributed by atoms with Gasteiger partial charge in [-0.2, -0.15) is 18.3 Å². The first-order valence-corrected chi connectivity index (χ1v) is 11.8. The highest BCUT2D eigenvalue weighted by molar-refractivity contribution is 9.10. The summed E-state index contributed by atoms with van der Waals surface area (Å²) in [7, 11) is 0. The van der Waals surface area contributed by atoms with E-state index in [1.54, 1.807) is 38.1 Å². The molecule has 3 N–H and O–H groups in total. The largest absolute Gasteiger partial charge is 0.483 e. The lowest BCUT2D eigenvalue weighted by atomic mass is 10.1. The molecule has 0 spiro atoms. The van der Waals surface area contributed by atoms with Crippen molar-refractivity contribution in [3.63, 3.8) is 0 Å². The maximum absolute atomic E-state index is 12.9. The van der Waals surface area contributed by atoms with E-state index < -0.39 is 36.1 Å². The van der Waals surface area contributed by atoms with Gasteiger partial charge in [-0.3, -0.25) is 14.4 Å². The lowest BCUT2D eigenvalue weighted by Gasteiger charge is -2.12. The molecule has 0 aliphatic heterocycles. The van der Waals surface area contributed by atoms with Crippen molar-refractivity contribution in [1.82, 2.24) is 5.43 Å². The fourth-order valence-corrected chi connectivity index (χ4v) is 3.64. The summed E-state index contributed by atoms with van der Waals surface area (Å²) in [5.41, 5.74) is 3.67. The molecule has 0 radical (unpaired) electrons.